The van der Waals surface area contributed by atoms with E-state index in [0.29, 0.717) is 64.3 Å². The second-order valence-electron chi connectivity index (χ2n) is 33.5. The van der Waals surface area contributed by atoms with Crippen molar-refractivity contribution in [2.45, 2.75) is 363 Å². The Morgan fingerprint density at radius 2 is 0.548 bits per heavy atom. The third-order valence-corrected chi connectivity index (χ3v) is 15.4. The number of carbonyl (C=O) groups excluding carboxylic acids is 5. The number of nitrogens with one attached hydrogen (secondary N) is 11. The van der Waals surface area contributed by atoms with Gasteiger partial charge in [0.15, 0.2) is 5.78 Å². The first-order chi connectivity index (χ1) is 42.6. The number of hydrogen-bond acceptors (Lipinski definition) is 15. The van der Waals surface area contributed by atoms with Crippen LogP contribution in [0.3, 0.4) is 0 Å². The topological polar surface area (TPSA) is 318 Å². The zero-order valence-corrected chi connectivity index (χ0v) is 63.4. The Morgan fingerprint density at radius 3 is 0.860 bits per heavy atom. The summed E-state index contributed by atoms with van der Waals surface area (Å²) in [5, 5.41) is 55.0. The van der Waals surface area contributed by atoms with Gasteiger partial charge in [-0.3, -0.25) is 24.0 Å². The Balaban J connectivity index is 0. The van der Waals surface area contributed by atoms with Crippen molar-refractivity contribution in [3.8, 4) is 0 Å². The first-order valence-corrected chi connectivity index (χ1v) is 35.8. The summed E-state index contributed by atoms with van der Waals surface area (Å²) in [6, 6.07) is -4.52. The lowest BCUT2D eigenvalue weighted by Crippen LogP contribution is -2.53. The highest BCUT2D eigenvalue weighted by Crippen LogP contribution is 2.20. The predicted octanol–water partition coefficient (Wildman–Crippen LogP) is 9.53. The summed E-state index contributed by atoms with van der Waals surface area (Å²) in [5.74, 6) is -4.78. The number of nitrogens with two attached hydrogens (primary N) is 1. The number of ketones is 1. The number of carboxylic acid groups (broad SMARTS) is 2. The number of Topliss-reactive ketones (excluding diaryl/α,β-unsaturated/α-hetero) is 1. The summed E-state index contributed by atoms with van der Waals surface area (Å²) < 4.78 is 0. The molecule has 0 aliphatic rings. The molecule has 0 heterocycles. The third-order valence-electron chi connectivity index (χ3n) is 15.4. The van der Waals surface area contributed by atoms with Crippen LogP contribution < -0.4 is 64.2 Å². The third kappa shape index (κ3) is 57.0. The molecule has 0 aromatic heterocycles. The molecular weight excluding hydrogens is 1180 g/mol. The van der Waals surface area contributed by atoms with Crippen molar-refractivity contribution < 1.29 is 43.8 Å². The van der Waals surface area contributed by atoms with Crippen LogP contribution in [0.25, 0.3) is 0 Å². The van der Waals surface area contributed by atoms with E-state index < -0.39 is 59.9 Å². The van der Waals surface area contributed by atoms with Gasteiger partial charge in [0.25, 0.3) is 0 Å². The summed E-state index contributed by atoms with van der Waals surface area (Å²) in [7, 11) is 0. The summed E-state index contributed by atoms with van der Waals surface area (Å²) in [5.41, 5.74) is 6.30. The van der Waals surface area contributed by atoms with Gasteiger partial charge in [0.05, 0.1) is 12.1 Å². The molecule has 0 fully saturated rings. The van der Waals surface area contributed by atoms with Gasteiger partial charge in [0, 0.05) is 57.0 Å². The molecule has 21 heteroatoms. The maximum absolute atomic E-state index is 14.4. The van der Waals surface area contributed by atoms with Gasteiger partial charge in [-0.1, -0.05) is 26.2 Å². The number of amides is 4. The summed E-state index contributed by atoms with van der Waals surface area (Å²) in [6.07, 6.45) is 13.8. The van der Waals surface area contributed by atoms with Crippen LogP contribution in [0.5, 0.6) is 0 Å². The van der Waals surface area contributed by atoms with Crippen LogP contribution in [0.4, 0.5) is 0 Å². The highest BCUT2D eigenvalue weighted by molar-refractivity contribution is 5.95. The lowest BCUT2D eigenvalue weighted by molar-refractivity contribution is -0.143. The molecule has 0 aliphatic heterocycles. The van der Waals surface area contributed by atoms with Crippen LogP contribution >= 0.6 is 0 Å². The molecule has 4 unspecified atom stereocenters. The molecule has 7 atom stereocenters. The van der Waals surface area contributed by atoms with Gasteiger partial charge in [0.2, 0.25) is 23.6 Å². The monoisotopic (exact) mass is 1320 g/mol. The summed E-state index contributed by atoms with van der Waals surface area (Å²) in [4.78, 5) is 92.5. The van der Waals surface area contributed by atoms with Crippen molar-refractivity contribution in [1.82, 2.24) is 58.5 Å². The molecule has 0 aromatic rings. The second-order valence-corrected chi connectivity index (χ2v) is 33.5. The Labute approximate surface area is 567 Å². The first-order valence-electron chi connectivity index (χ1n) is 35.8. The number of hydrogen-bond donors (Lipinski definition) is 14. The van der Waals surface area contributed by atoms with E-state index in [1.54, 1.807) is 0 Å². The molecule has 0 bridgehead atoms. The van der Waals surface area contributed by atoms with E-state index in [1.165, 1.54) is 0 Å². The Bertz CT molecular complexity index is 2080. The molecule has 4 amide bonds. The smallest absolute Gasteiger partial charge is 0.326 e. The van der Waals surface area contributed by atoms with Crippen molar-refractivity contribution in [3.63, 3.8) is 0 Å². The predicted molar refractivity (Wildman–Crippen MR) is 384 cm³/mol. The molecule has 0 saturated heterocycles. The first kappa shape index (κ1) is 91.2. The molecular formula is C72H146N12O9. The summed E-state index contributed by atoms with van der Waals surface area (Å²) in [6.45, 7) is 51.4. The zero-order chi connectivity index (χ0) is 71.9. The van der Waals surface area contributed by atoms with Crippen molar-refractivity contribution in [3.05, 3.63) is 0 Å². The van der Waals surface area contributed by atoms with Gasteiger partial charge < -0.3 is 74.4 Å². The molecule has 93 heavy (non-hydrogen) atoms. The zero-order valence-electron chi connectivity index (χ0n) is 63.4. The number of aliphatic carboxylic acids is 2. The van der Waals surface area contributed by atoms with Gasteiger partial charge in [0.1, 0.15) is 18.1 Å². The van der Waals surface area contributed by atoms with E-state index in [1.807, 2.05) is 6.92 Å². The van der Waals surface area contributed by atoms with Gasteiger partial charge in [-0.25, -0.2) is 9.59 Å². The van der Waals surface area contributed by atoms with E-state index >= 15 is 0 Å². The highest BCUT2D eigenvalue weighted by Gasteiger charge is 2.33. The maximum atomic E-state index is 14.4. The number of unbranched alkanes of at least 4 members (excludes halogenated alkanes) is 7. The van der Waals surface area contributed by atoms with Crippen molar-refractivity contribution >= 4 is 41.4 Å². The van der Waals surface area contributed by atoms with Gasteiger partial charge in [-0.05, 0) is 307 Å². The molecule has 548 valence electrons. The Morgan fingerprint density at radius 1 is 0.301 bits per heavy atom. The van der Waals surface area contributed by atoms with Gasteiger partial charge in [-0.2, -0.15) is 0 Å². The Hall–Kier alpha value is -3.83. The number of carbonyl (C=O) groups is 7. The van der Waals surface area contributed by atoms with E-state index in [9.17, 15) is 43.8 Å². The van der Waals surface area contributed by atoms with Crippen LogP contribution in [-0.2, 0) is 33.6 Å². The molecule has 0 radical (unpaired) electrons. The second kappa shape index (κ2) is 46.4. The average Bonchev–Trinajstić information content (AvgIpc) is 0.936. The molecule has 0 aliphatic carbocycles. The maximum Gasteiger partial charge on any atom is 0.326 e. The van der Waals surface area contributed by atoms with Gasteiger partial charge in [-0.15, -0.1) is 0 Å². The molecule has 0 rings (SSSR count). The lowest BCUT2D eigenvalue weighted by atomic mass is 9.90. The van der Waals surface area contributed by atoms with Crippen molar-refractivity contribution in [2.24, 2.45) is 17.6 Å². The van der Waals surface area contributed by atoms with Gasteiger partial charge >= 0.3 is 11.9 Å². The minimum Gasteiger partial charge on any atom is -0.480 e. The minimum absolute atomic E-state index is 0.00241. The molecule has 21 nitrogen and oxygen atoms in total. The standard InChI is InChI=1S/C51H103N9O6.C21H43N3O3/c1-47(2,3)53-31-21-16-26-37(36-42(61)39(28-18-23-33-55-49(7,8)9)58-44(63)38(52)27-17-22-32-54-48(4,5)6)43(62)59-40(29-19-24-34-56-50(10,11)12)45(64)60-41(46(65)66)30-20-25-35-57-51(13,14)15;1-16(12-8-10-14-22-20(2,3)4)18(25)24-17(19(26)27)13-9-11-15-23-21(5,6)7/h37-41,53-57H,16-36,52H2,1-15H3,(H,58,63)(H,59,62)(H,60,64)(H,65,66);16-17,22-23H,8-15H2,1-7H3,(H,24,25)(H,26,27)/t37-,38-,39?,40?,41?;16-,17?/m10/s1. The van der Waals surface area contributed by atoms with Crippen LogP contribution in [0.15, 0.2) is 0 Å². The molecule has 15 N–H and O–H groups in total. The molecule has 0 saturated carbocycles. The summed E-state index contributed by atoms with van der Waals surface area (Å²) >= 11 is 0. The normalized spacial score (nSPS) is 15.0. The van der Waals surface area contributed by atoms with Crippen LogP contribution in [0.2, 0.25) is 0 Å². The highest BCUT2D eigenvalue weighted by atomic mass is 16.4. The quantitative estimate of drug-likeness (QED) is 0.0252. The van der Waals surface area contributed by atoms with Crippen LogP contribution in [0, 0.1) is 11.8 Å². The number of carboxylic acids is 2. The van der Waals surface area contributed by atoms with Crippen LogP contribution in [-0.4, -0.2) is 166 Å². The van der Waals surface area contributed by atoms with E-state index in [-0.39, 0.29) is 75.1 Å². The van der Waals surface area contributed by atoms with E-state index in [0.717, 1.165) is 110 Å². The largest absolute Gasteiger partial charge is 0.480 e. The Kier molecular flexibility index (Phi) is 45.5. The molecule has 0 aromatic carbocycles. The lowest BCUT2D eigenvalue weighted by Gasteiger charge is -2.26. The van der Waals surface area contributed by atoms with Crippen LogP contribution in [0.1, 0.15) is 294 Å². The SMILES string of the molecule is CC(C)(C)NCCCCC(NC(=O)C(CCCCNC(C)(C)C)NC(=O)[C@H](CCCCNC(C)(C)C)CC(=O)C(CCCCNC(C)(C)C)NC(=O)[C@H](N)CCCCNC(C)(C)C)C(=O)O.C[C@@H](CCCCNC(C)(C)C)C(=O)NC(CCCCNC(C)(C)C)C(=O)O. The fraction of sp³-hybridized carbons (Fsp3) is 0.903. The van der Waals surface area contributed by atoms with Crippen molar-refractivity contribution in [2.75, 3.05) is 45.8 Å². The minimum atomic E-state index is -1.13. The van der Waals surface area contributed by atoms with E-state index in [4.69, 9.17) is 5.73 Å². The average molecular weight is 1320 g/mol. The fourth-order valence-corrected chi connectivity index (χ4v) is 9.94. The number of rotatable bonds is 48. The van der Waals surface area contributed by atoms with E-state index in [2.05, 4.69) is 204 Å². The van der Waals surface area contributed by atoms with Crippen molar-refractivity contribution in [1.29, 1.82) is 0 Å². The fourth-order valence-electron chi connectivity index (χ4n) is 9.94. The molecule has 0 spiro atoms.